The first-order chi connectivity index (χ1) is 12.2. The van der Waals surface area contributed by atoms with Crippen LogP contribution in [0.2, 0.25) is 0 Å². The number of hydrogen-bond acceptors (Lipinski definition) is 3. The highest BCUT2D eigenvalue weighted by Crippen LogP contribution is 2.52. The Bertz CT molecular complexity index is 393. The van der Waals surface area contributed by atoms with Crippen molar-refractivity contribution in [2.45, 2.75) is 114 Å². The summed E-state index contributed by atoms with van der Waals surface area (Å²) in [5, 5.41) is 0. The van der Waals surface area contributed by atoms with Crippen molar-refractivity contribution in [3.63, 3.8) is 0 Å². The van der Waals surface area contributed by atoms with Crippen LogP contribution in [0.15, 0.2) is 0 Å². The first-order valence-corrected chi connectivity index (χ1v) is 11.2. The summed E-state index contributed by atoms with van der Waals surface area (Å²) in [6, 6.07) is 0. The summed E-state index contributed by atoms with van der Waals surface area (Å²) in [5.41, 5.74) is -0.139. The fourth-order valence-corrected chi connectivity index (χ4v) is 6.20. The van der Waals surface area contributed by atoms with Gasteiger partial charge in [-0.05, 0) is 50.4 Å². The molecule has 2 aliphatic carbocycles. The fourth-order valence-electron chi connectivity index (χ4n) is 6.20. The highest BCUT2D eigenvalue weighted by molar-refractivity contribution is 5.08. The lowest BCUT2D eigenvalue weighted by molar-refractivity contribution is -0.231. The Morgan fingerprint density at radius 2 is 1.04 bits per heavy atom. The number of rotatable bonds is 8. The van der Waals surface area contributed by atoms with Crippen molar-refractivity contribution in [2.24, 2.45) is 11.8 Å². The molecule has 2 saturated carbocycles. The van der Waals surface area contributed by atoms with Gasteiger partial charge in [0.15, 0.2) is 0 Å². The van der Waals surface area contributed by atoms with E-state index in [2.05, 4.69) is 13.8 Å². The Morgan fingerprint density at radius 1 is 0.680 bits per heavy atom. The molecule has 4 atom stereocenters. The van der Waals surface area contributed by atoms with Gasteiger partial charge >= 0.3 is 0 Å². The van der Waals surface area contributed by atoms with Crippen LogP contribution in [-0.4, -0.2) is 36.6 Å². The van der Waals surface area contributed by atoms with Gasteiger partial charge in [-0.3, -0.25) is 0 Å². The summed E-state index contributed by atoms with van der Waals surface area (Å²) in [6.45, 7) is 6.48. The normalized spacial score (nSPS) is 35.8. The monoisotopic (exact) mass is 350 g/mol. The lowest BCUT2D eigenvalue weighted by atomic mass is 9.70. The second-order valence-electron chi connectivity index (χ2n) is 9.03. The molecule has 4 fully saturated rings. The summed E-state index contributed by atoms with van der Waals surface area (Å²) in [6.07, 6.45) is 16.4. The zero-order valence-corrected chi connectivity index (χ0v) is 16.4. The summed E-state index contributed by atoms with van der Waals surface area (Å²) < 4.78 is 19.3. The molecule has 4 rings (SSSR count). The fraction of sp³-hybridized carbons (Fsp3) is 1.00. The highest BCUT2D eigenvalue weighted by atomic mass is 16.6. The lowest BCUT2D eigenvalue weighted by Crippen LogP contribution is -2.58. The van der Waals surface area contributed by atoms with Crippen LogP contribution < -0.4 is 0 Å². The van der Waals surface area contributed by atoms with Crippen LogP contribution in [0.4, 0.5) is 0 Å². The minimum Gasteiger partial charge on any atom is -0.370 e. The Labute approximate surface area is 154 Å². The van der Waals surface area contributed by atoms with Crippen molar-refractivity contribution in [1.82, 2.24) is 0 Å². The molecule has 3 heteroatoms. The van der Waals surface area contributed by atoms with Crippen molar-refractivity contribution >= 4 is 0 Å². The maximum atomic E-state index is 7.40. The molecular weight excluding hydrogens is 312 g/mol. The Morgan fingerprint density at radius 3 is 1.32 bits per heavy atom. The largest absolute Gasteiger partial charge is 0.370 e. The Hall–Kier alpha value is -0.120. The van der Waals surface area contributed by atoms with Crippen molar-refractivity contribution in [1.29, 1.82) is 0 Å². The van der Waals surface area contributed by atoms with Gasteiger partial charge < -0.3 is 14.2 Å². The molecule has 3 nitrogen and oxygen atoms in total. The van der Waals surface area contributed by atoms with Crippen molar-refractivity contribution in [3.8, 4) is 0 Å². The average molecular weight is 351 g/mol. The summed E-state index contributed by atoms with van der Waals surface area (Å²) in [7, 11) is 0. The second kappa shape index (κ2) is 7.48. The molecule has 2 saturated heterocycles. The van der Waals surface area contributed by atoms with Crippen LogP contribution in [0.3, 0.4) is 0 Å². The zero-order chi connectivity index (χ0) is 17.3. The van der Waals surface area contributed by atoms with Gasteiger partial charge in [0.2, 0.25) is 0 Å². The van der Waals surface area contributed by atoms with E-state index < -0.39 is 0 Å². The third kappa shape index (κ3) is 3.41. The second-order valence-corrected chi connectivity index (χ2v) is 9.03. The van der Waals surface area contributed by atoms with Crippen LogP contribution in [0.1, 0.15) is 90.9 Å². The molecule has 0 radical (unpaired) electrons. The summed E-state index contributed by atoms with van der Waals surface area (Å²) in [4.78, 5) is 0. The van der Waals surface area contributed by atoms with Gasteiger partial charge in [-0.2, -0.15) is 0 Å². The van der Waals surface area contributed by atoms with Crippen molar-refractivity contribution in [2.75, 3.05) is 13.2 Å². The average Bonchev–Trinajstić information content (AvgIpc) is 3.58. The van der Waals surface area contributed by atoms with E-state index in [0.717, 1.165) is 26.1 Å². The Balaban J connectivity index is 1.63. The number of epoxide rings is 2. The van der Waals surface area contributed by atoms with Gasteiger partial charge in [-0.1, -0.05) is 52.4 Å². The van der Waals surface area contributed by atoms with E-state index in [0.29, 0.717) is 24.0 Å². The van der Waals surface area contributed by atoms with Crippen LogP contribution in [0.25, 0.3) is 0 Å². The van der Waals surface area contributed by atoms with Crippen molar-refractivity contribution in [3.05, 3.63) is 0 Å². The highest BCUT2D eigenvalue weighted by Gasteiger charge is 2.60. The molecule has 2 heterocycles. The molecule has 0 spiro atoms. The van der Waals surface area contributed by atoms with E-state index in [9.17, 15) is 0 Å². The van der Waals surface area contributed by atoms with Gasteiger partial charge in [0.1, 0.15) is 12.2 Å². The van der Waals surface area contributed by atoms with Gasteiger partial charge in [-0.15, -0.1) is 0 Å². The lowest BCUT2D eigenvalue weighted by Gasteiger charge is -2.51. The van der Waals surface area contributed by atoms with E-state index in [1.54, 1.807) is 0 Å². The molecule has 25 heavy (non-hydrogen) atoms. The molecule has 144 valence electrons. The molecule has 0 aromatic carbocycles. The topological polar surface area (TPSA) is 34.3 Å². The molecule has 4 unspecified atom stereocenters. The van der Waals surface area contributed by atoms with E-state index in [-0.39, 0.29) is 11.2 Å². The Kier molecular flexibility index (Phi) is 5.46. The van der Waals surface area contributed by atoms with Gasteiger partial charge in [0.25, 0.3) is 0 Å². The maximum absolute atomic E-state index is 7.40. The molecule has 0 aromatic rings. The van der Waals surface area contributed by atoms with Crippen LogP contribution in [0.5, 0.6) is 0 Å². The minimum absolute atomic E-state index is 0.0696. The molecule has 4 aliphatic rings. The summed E-state index contributed by atoms with van der Waals surface area (Å²) in [5.74, 6) is 1.35. The van der Waals surface area contributed by atoms with Gasteiger partial charge in [0, 0.05) is 0 Å². The van der Waals surface area contributed by atoms with Gasteiger partial charge in [-0.25, -0.2) is 0 Å². The predicted molar refractivity (Wildman–Crippen MR) is 99.8 cm³/mol. The number of ether oxygens (including phenoxy) is 3. The molecule has 0 amide bonds. The van der Waals surface area contributed by atoms with Crippen LogP contribution >= 0.6 is 0 Å². The van der Waals surface area contributed by atoms with Gasteiger partial charge in [0.05, 0.1) is 24.4 Å². The first kappa shape index (κ1) is 18.3. The third-order valence-electron chi connectivity index (χ3n) is 7.83. The molecular formula is C22H38O3. The molecule has 2 aliphatic heterocycles. The van der Waals surface area contributed by atoms with E-state index >= 15 is 0 Å². The smallest absolute Gasteiger partial charge is 0.110 e. The predicted octanol–water partition coefficient (Wildman–Crippen LogP) is 5.26. The van der Waals surface area contributed by atoms with Crippen LogP contribution in [0, 0.1) is 11.8 Å². The van der Waals surface area contributed by atoms with E-state index in [4.69, 9.17) is 14.2 Å². The number of hydrogen-bond donors (Lipinski definition) is 0. The SMILES string of the molecule is CCC(OC(CC)(C1CCCCC1)C1CO1)(C1CCCCC1)C1CO1. The molecule has 0 N–H and O–H groups in total. The summed E-state index contributed by atoms with van der Waals surface area (Å²) >= 11 is 0. The quantitative estimate of drug-likeness (QED) is 0.560. The third-order valence-corrected chi connectivity index (χ3v) is 7.83. The molecule has 0 bridgehead atoms. The van der Waals surface area contributed by atoms with Crippen molar-refractivity contribution < 1.29 is 14.2 Å². The van der Waals surface area contributed by atoms with E-state index in [1.165, 1.54) is 64.2 Å². The zero-order valence-electron chi connectivity index (χ0n) is 16.4. The van der Waals surface area contributed by atoms with E-state index in [1.807, 2.05) is 0 Å². The van der Waals surface area contributed by atoms with Crippen LogP contribution in [-0.2, 0) is 14.2 Å². The standard InChI is InChI=1S/C22H38O3/c1-3-21(19-15-23-19,17-11-7-5-8-12-17)25-22(4-2,20-16-24-20)18-13-9-6-10-14-18/h17-20H,3-16H2,1-2H3. The molecule has 0 aromatic heterocycles. The maximum Gasteiger partial charge on any atom is 0.110 e. The first-order valence-electron chi connectivity index (χ1n) is 11.2. The minimum atomic E-state index is -0.0696.